The van der Waals surface area contributed by atoms with Gasteiger partial charge in [-0.05, 0) is 25.7 Å². The van der Waals surface area contributed by atoms with Crippen molar-refractivity contribution in [1.82, 2.24) is 15.5 Å². The second-order valence-corrected chi connectivity index (χ2v) is 3.81. The lowest BCUT2D eigenvalue weighted by molar-refractivity contribution is -0.135. The number of aromatic amines is 1. The van der Waals surface area contributed by atoms with Crippen LogP contribution in [0, 0.1) is 0 Å². The minimum absolute atomic E-state index is 0.343. The molecule has 16 heavy (non-hydrogen) atoms. The number of nitrogens with zero attached hydrogens (tertiary/aromatic N) is 1. The molecule has 6 nitrogen and oxygen atoms in total. The van der Waals surface area contributed by atoms with Crippen LogP contribution in [0.5, 0.6) is 0 Å². The lowest BCUT2D eigenvalue weighted by Gasteiger charge is -2.10. The Labute approximate surface area is 92.0 Å². The summed E-state index contributed by atoms with van der Waals surface area (Å²) in [5.41, 5.74) is 2.29. The van der Waals surface area contributed by atoms with Crippen molar-refractivity contribution in [2.75, 3.05) is 6.54 Å². The summed E-state index contributed by atoms with van der Waals surface area (Å²) in [6.45, 7) is -0.375. The van der Waals surface area contributed by atoms with Gasteiger partial charge in [0.25, 0.3) is 5.91 Å². The number of carboxylic acid groups (broad SMARTS) is 1. The van der Waals surface area contributed by atoms with Crippen LogP contribution in [0.15, 0.2) is 0 Å². The first-order chi connectivity index (χ1) is 7.68. The monoisotopic (exact) mass is 223 g/mol. The van der Waals surface area contributed by atoms with E-state index in [1.165, 1.54) is 0 Å². The number of amides is 1. The molecule has 0 unspecified atom stereocenters. The highest BCUT2D eigenvalue weighted by molar-refractivity contribution is 5.95. The number of nitrogens with one attached hydrogen (secondary N) is 2. The molecule has 0 spiro atoms. The van der Waals surface area contributed by atoms with Crippen LogP contribution in [0.4, 0.5) is 0 Å². The van der Waals surface area contributed by atoms with Crippen molar-refractivity contribution >= 4 is 11.9 Å². The smallest absolute Gasteiger partial charge is 0.322 e. The van der Waals surface area contributed by atoms with E-state index in [4.69, 9.17) is 5.11 Å². The Morgan fingerprint density at radius 2 is 2.12 bits per heavy atom. The predicted octanol–water partition coefficient (Wildman–Crippen LogP) is 0.103. The van der Waals surface area contributed by atoms with Gasteiger partial charge in [-0.1, -0.05) is 0 Å². The lowest BCUT2D eigenvalue weighted by atomic mass is 9.96. The first kappa shape index (κ1) is 10.7. The predicted molar refractivity (Wildman–Crippen MR) is 55.2 cm³/mol. The largest absolute Gasteiger partial charge is 0.480 e. The number of carboxylic acids is 1. The number of aryl methyl sites for hydroxylation is 1. The number of rotatable bonds is 3. The summed E-state index contributed by atoms with van der Waals surface area (Å²) in [7, 11) is 0. The quantitative estimate of drug-likeness (QED) is 0.677. The Morgan fingerprint density at radius 3 is 2.88 bits per heavy atom. The minimum atomic E-state index is -1.06. The van der Waals surface area contributed by atoms with Crippen molar-refractivity contribution < 1.29 is 14.7 Å². The van der Waals surface area contributed by atoms with Crippen molar-refractivity contribution in [3.05, 3.63) is 17.0 Å². The number of hydrogen-bond donors (Lipinski definition) is 3. The normalized spacial score (nSPS) is 14.2. The summed E-state index contributed by atoms with van der Waals surface area (Å²) in [5.74, 6) is -1.47. The van der Waals surface area contributed by atoms with Gasteiger partial charge in [0.15, 0.2) is 5.69 Å². The van der Waals surface area contributed by atoms with Gasteiger partial charge in [0.2, 0.25) is 0 Å². The molecular weight excluding hydrogens is 210 g/mol. The summed E-state index contributed by atoms with van der Waals surface area (Å²) in [6, 6.07) is 0. The van der Waals surface area contributed by atoms with Gasteiger partial charge >= 0.3 is 5.97 Å². The molecular formula is C10H13N3O3. The molecule has 86 valence electrons. The Balaban J connectivity index is 2.11. The fourth-order valence-electron chi connectivity index (χ4n) is 1.91. The summed E-state index contributed by atoms with van der Waals surface area (Å²) in [5, 5.41) is 17.6. The molecule has 0 aliphatic heterocycles. The molecule has 6 heteroatoms. The molecule has 0 saturated carbocycles. The van der Waals surface area contributed by atoms with E-state index in [0.717, 1.165) is 36.9 Å². The fraction of sp³-hybridized carbons (Fsp3) is 0.500. The average molecular weight is 223 g/mol. The Morgan fingerprint density at radius 1 is 1.38 bits per heavy atom. The van der Waals surface area contributed by atoms with Crippen LogP contribution in [0.1, 0.15) is 34.6 Å². The molecule has 2 rings (SSSR count). The topological polar surface area (TPSA) is 95.1 Å². The van der Waals surface area contributed by atoms with Crippen LogP contribution < -0.4 is 5.32 Å². The zero-order valence-corrected chi connectivity index (χ0v) is 8.75. The van der Waals surface area contributed by atoms with E-state index >= 15 is 0 Å². The van der Waals surface area contributed by atoms with Crippen molar-refractivity contribution in [3.63, 3.8) is 0 Å². The SMILES string of the molecule is O=C(O)CNC(=O)c1n[nH]c2c1CCCC2. The summed E-state index contributed by atoms with van der Waals surface area (Å²) in [4.78, 5) is 21.9. The maximum Gasteiger partial charge on any atom is 0.322 e. The fourth-order valence-corrected chi connectivity index (χ4v) is 1.91. The third-order valence-electron chi connectivity index (χ3n) is 2.67. The standard InChI is InChI=1S/C10H13N3O3/c14-8(15)5-11-10(16)9-6-3-1-2-4-7(6)12-13-9/h1-5H2,(H,11,16)(H,12,13)(H,14,15). The van der Waals surface area contributed by atoms with Gasteiger partial charge < -0.3 is 10.4 Å². The molecule has 0 aromatic carbocycles. The molecule has 0 bridgehead atoms. The Bertz CT molecular complexity index is 425. The molecule has 3 N–H and O–H groups in total. The van der Waals surface area contributed by atoms with Crippen LogP contribution in [0.2, 0.25) is 0 Å². The van der Waals surface area contributed by atoms with Gasteiger partial charge in [-0.3, -0.25) is 14.7 Å². The second-order valence-electron chi connectivity index (χ2n) is 3.81. The molecule has 0 saturated heterocycles. The van der Waals surface area contributed by atoms with E-state index in [1.807, 2.05) is 0 Å². The van der Waals surface area contributed by atoms with Gasteiger partial charge in [-0.2, -0.15) is 5.10 Å². The third kappa shape index (κ3) is 2.05. The summed E-state index contributed by atoms with van der Waals surface area (Å²) in [6.07, 6.45) is 3.90. The number of hydrogen-bond acceptors (Lipinski definition) is 3. The van der Waals surface area contributed by atoms with E-state index in [0.29, 0.717) is 5.69 Å². The molecule has 0 fully saturated rings. The highest BCUT2D eigenvalue weighted by Crippen LogP contribution is 2.21. The number of carbonyl (C=O) groups is 2. The van der Waals surface area contributed by atoms with Gasteiger partial charge in [-0.15, -0.1) is 0 Å². The van der Waals surface area contributed by atoms with E-state index < -0.39 is 11.9 Å². The lowest BCUT2D eigenvalue weighted by Crippen LogP contribution is -2.30. The number of aliphatic carboxylic acids is 1. The van der Waals surface area contributed by atoms with Gasteiger partial charge in [0, 0.05) is 11.3 Å². The average Bonchev–Trinajstić information content (AvgIpc) is 2.69. The molecule has 1 amide bonds. The van der Waals surface area contributed by atoms with Gasteiger partial charge in [0.05, 0.1) is 0 Å². The van der Waals surface area contributed by atoms with Crippen molar-refractivity contribution in [3.8, 4) is 0 Å². The molecule has 1 aliphatic carbocycles. The van der Waals surface area contributed by atoms with E-state index in [9.17, 15) is 9.59 Å². The van der Waals surface area contributed by atoms with Gasteiger partial charge in [-0.25, -0.2) is 0 Å². The second kappa shape index (κ2) is 4.34. The number of fused-ring (bicyclic) bond motifs is 1. The third-order valence-corrected chi connectivity index (χ3v) is 2.67. The number of H-pyrrole nitrogens is 1. The number of aromatic nitrogens is 2. The van der Waals surface area contributed by atoms with Crippen molar-refractivity contribution in [1.29, 1.82) is 0 Å². The Hall–Kier alpha value is -1.85. The zero-order chi connectivity index (χ0) is 11.5. The first-order valence-corrected chi connectivity index (χ1v) is 5.24. The van der Waals surface area contributed by atoms with Crippen molar-refractivity contribution in [2.45, 2.75) is 25.7 Å². The van der Waals surface area contributed by atoms with Crippen molar-refractivity contribution in [2.24, 2.45) is 0 Å². The maximum absolute atomic E-state index is 11.6. The molecule has 0 radical (unpaired) electrons. The zero-order valence-electron chi connectivity index (χ0n) is 8.75. The highest BCUT2D eigenvalue weighted by atomic mass is 16.4. The van der Waals surface area contributed by atoms with Crippen LogP contribution in [0.3, 0.4) is 0 Å². The first-order valence-electron chi connectivity index (χ1n) is 5.24. The molecule has 1 aromatic heterocycles. The van der Waals surface area contributed by atoms with Crippen LogP contribution in [0.25, 0.3) is 0 Å². The summed E-state index contributed by atoms with van der Waals surface area (Å²) >= 11 is 0. The molecule has 0 atom stereocenters. The van der Waals surface area contributed by atoms with Crippen LogP contribution in [-0.4, -0.2) is 33.7 Å². The number of carbonyl (C=O) groups excluding carboxylic acids is 1. The minimum Gasteiger partial charge on any atom is -0.480 e. The maximum atomic E-state index is 11.6. The Kier molecular flexibility index (Phi) is 2.89. The van der Waals surface area contributed by atoms with E-state index in [1.54, 1.807) is 0 Å². The summed E-state index contributed by atoms with van der Waals surface area (Å²) < 4.78 is 0. The molecule has 1 aliphatic rings. The van der Waals surface area contributed by atoms with E-state index in [2.05, 4.69) is 15.5 Å². The van der Waals surface area contributed by atoms with Crippen LogP contribution >= 0.6 is 0 Å². The van der Waals surface area contributed by atoms with E-state index in [-0.39, 0.29) is 6.54 Å². The van der Waals surface area contributed by atoms with Gasteiger partial charge in [0.1, 0.15) is 6.54 Å². The molecule has 1 heterocycles. The highest BCUT2D eigenvalue weighted by Gasteiger charge is 2.21. The molecule has 1 aromatic rings. The van der Waals surface area contributed by atoms with Crippen LogP contribution in [-0.2, 0) is 17.6 Å².